The zero-order valence-electron chi connectivity index (χ0n) is 14.5. The number of rotatable bonds is 3. The molecule has 0 saturated carbocycles. The Kier molecular flexibility index (Phi) is 5.82. The normalized spacial score (nSPS) is 15.2. The van der Waals surface area contributed by atoms with Gasteiger partial charge in [0.25, 0.3) is 0 Å². The zero-order valence-corrected chi connectivity index (χ0v) is 14.5. The highest BCUT2D eigenvalue weighted by molar-refractivity contribution is 5.89. The predicted molar refractivity (Wildman–Crippen MR) is 98.0 cm³/mol. The number of halogens is 1. The second-order valence-electron chi connectivity index (χ2n) is 6.36. The first-order chi connectivity index (χ1) is 12.6. The average Bonchev–Trinajstić information content (AvgIpc) is 2.90. The van der Waals surface area contributed by atoms with Crippen molar-refractivity contribution in [2.45, 2.75) is 13.0 Å². The summed E-state index contributed by atoms with van der Waals surface area (Å²) in [5.74, 6) is -0.323. The van der Waals surface area contributed by atoms with E-state index in [4.69, 9.17) is 5.26 Å². The summed E-state index contributed by atoms with van der Waals surface area (Å²) in [5, 5.41) is 11.7. The number of carbonyl (C=O) groups excluding carboxylic acids is 1. The Morgan fingerprint density at radius 1 is 1.04 bits per heavy atom. The van der Waals surface area contributed by atoms with Gasteiger partial charge in [0.05, 0.1) is 11.6 Å². The molecule has 2 amide bonds. The van der Waals surface area contributed by atoms with E-state index in [0.717, 1.165) is 31.6 Å². The number of hydrogen-bond acceptors (Lipinski definition) is 3. The number of hydrogen-bond donors (Lipinski definition) is 1. The number of carbonyl (C=O) groups is 1. The largest absolute Gasteiger partial charge is 0.323 e. The fourth-order valence-corrected chi connectivity index (χ4v) is 3.01. The van der Waals surface area contributed by atoms with Gasteiger partial charge >= 0.3 is 6.03 Å². The molecule has 1 saturated heterocycles. The van der Waals surface area contributed by atoms with E-state index in [1.807, 2.05) is 24.3 Å². The first-order valence-corrected chi connectivity index (χ1v) is 8.67. The molecule has 0 aromatic heterocycles. The van der Waals surface area contributed by atoms with Crippen LogP contribution in [-0.4, -0.2) is 42.0 Å². The maximum atomic E-state index is 13.0. The van der Waals surface area contributed by atoms with Gasteiger partial charge < -0.3 is 10.2 Å². The number of benzene rings is 2. The molecule has 1 N–H and O–H groups in total. The maximum absolute atomic E-state index is 13.0. The molecule has 1 aliphatic heterocycles. The quantitative estimate of drug-likeness (QED) is 0.921. The van der Waals surface area contributed by atoms with Gasteiger partial charge in [0, 0.05) is 38.4 Å². The molecule has 5 nitrogen and oxygen atoms in total. The van der Waals surface area contributed by atoms with Gasteiger partial charge in [-0.15, -0.1) is 0 Å². The van der Waals surface area contributed by atoms with Gasteiger partial charge in [-0.25, -0.2) is 9.18 Å². The molecule has 26 heavy (non-hydrogen) atoms. The SMILES string of the molecule is N#Cc1ccc(CN2CCCN(C(=O)Nc3ccc(F)cc3)CC2)cc1. The van der Waals surface area contributed by atoms with Crippen molar-refractivity contribution >= 4 is 11.7 Å². The van der Waals surface area contributed by atoms with Crippen molar-refractivity contribution in [2.75, 3.05) is 31.5 Å². The third-order valence-corrected chi connectivity index (χ3v) is 4.46. The molecule has 134 valence electrons. The summed E-state index contributed by atoms with van der Waals surface area (Å²) < 4.78 is 13.0. The topological polar surface area (TPSA) is 59.4 Å². The van der Waals surface area contributed by atoms with Crippen LogP contribution < -0.4 is 5.32 Å². The van der Waals surface area contributed by atoms with Crippen molar-refractivity contribution in [2.24, 2.45) is 0 Å². The van der Waals surface area contributed by atoms with Crippen molar-refractivity contribution < 1.29 is 9.18 Å². The summed E-state index contributed by atoms with van der Waals surface area (Å²) in [7, 11) is 0. The minimum absolute atomic E-state index is 0.156. The van der Waals surface area contributed by atoms with E-state index >= 15 is 0 Å². The van der Waals surface area contributed by atoms with Crippen molar-refractivity contribution in [3.63, 3.8) is 0 Å². The Morgan fingerprint density at radius 2 is 1.77 bits per heavy atom. The van der Waals surface area contributed by atoms with E-state index in [1.165, 1.54) is 12.1 Å². The molecule has 1 heterocycles. The van der Waals surface area contributed by atoms with E-state index in [1.54, 1.807) is 17.0 Å². The molecule has 2 aromatic rings. The minimum atomic E-state index is -0.323. The molecule has 0 radical (unpaired) electrons. The van der Waals surface area contributed by atoms with E-state index < -0.39 is 0 Å². The number of nitriles is 1. The molecule has 1 fully saturated rings. The molecule has 6 heteroatoms. The van der Waals surface area contributed by atoms with Crippen LogP contribution in [0.15, 0.2) is 48.5 Å². The van der Waals surface area contributed by atoms with E-state index in [9.17, 15) is 9.18 Å². The van der Waals surface area contributed by atoms with Crippen LogP contribution in [-0.2, 0) is 6.54 Å². The molecule has 0 aliphatic carbocycles. The number of amides is 2. The van der Waals surface area contributed by atoms with Gasteiger partial charge in [-0.1, -0.05) is 12.1 Å². The Morgan fingerprint density at radius 3 is 2.46 bits per heavy atom. The Balaban J connectivity index is 1.53. The van der Waals surface area contributed by atoms with Crippen molar-refractivity contribution in [3.8, 4) is 6.07 Å². The summed E-state index contributed by atoms with van der Waals surface area (Å²) in [6.45, 7) is 3.84. The second kappa shape index (κ2) is 8.45. The van der Waals surface area contributed by atoms with Crippen LogP contribution in [0.1, 0.15) is 17.5 Å². The molecular formula is C20H21FN4O. The average molecular weight is 352 g/mol. The standard InChI is InChI=1S/C20H21FN4O/c21-18-6-8-19(9-7-18)23-20(26)25-11-1-10-24(12-13-25)15-17-4-2-16(14-22)3-5-17/h2-9H,1,10-13,15H2,(H,23,26). The van der Waals surface area contributed by atoms with Gasteiger partial charge in [0.1, 0.15) is 5.82 Å². The maximum Gasteiger partial charge on any atom is 0.321 e. The van der Waals surface area contributed by atoms with Gasteiger partial charge in [-0.05, 0) is 48.4 Å². The van der Waals surface area contributed by atoms with Crippen molar-refractivity contribution in [3.05, 3.63) is 65.5 Å². The Hall–Kier alpha value is -2.91. The summed E-state index contributed by atoms with van der Waals surface area (Å²) in [6.07, 6.45) is 0.896. The smallest absolute Gasteiger partial charge is 0.321 e. The lowest BCUT2D eigenvalue weighted by Crippen LogP contribution is -2.38. The highest BCUT2D eigenvalue weighted by Crippen LogP contribution is 2.13. The molecule has 0 bridgehead atoms. The number of nitrogens with zero attached hydrogens (tertiary/aromatic N) is 3. The lowest BCUT2D eigenvalue weighted by Gasteiger charge is -2.22. The highest BCUT2D eigenvalue weighted by atomic mass is 19.1. The van der Waals surface area contributed by atoms with E-state index in [-0.39, 0.29) is 11.8 Å². The van der Waals surface area contributed by atoms with Gasteiger partial charge in [0.15, 0.2) is 0 Å². The summed E-state index contributed by atoms with van der Waals surface area (Å²) >= 11 is 0. The van der Waals surface area contributed by atoms with Crippen LogP contribution in [0.5, 0.6) is 0 Å². The zero-order chi connectivity index (χ0) is 18.4. The van der Waals surface area contributed by atoms with Gasteiger partial charge in [-0.2, -0.15) is 5.26 Å². The van der Waals surface area contributed by atoms with Crippen LogP contribution >= 0.6 is 0 Å². The molecular weight excluding hydrogens is 331 g/mol. The Bertz CT molecular complexity index is 783. The fraction of sp³-hybridized carbons (Fsp3) is 0.300. The molecule has 0 unspecified atom stereocenters. The summed E-state index contributed by atoms with van der Waals surface area (Å²) in [6, 6.07) is 15.4. The number of urea groups is 1. The van der Waals surface area contributed by atoms with Crippen LogP contribution in [0.3, 0.4) is 0 Å². The molecule has 2 aromatic carbocycles. The molecule has 0 atom stereocenters. The van der Waals surface area contributed by atoms with Crippen molar-refractivity contribution in [1.29, 1.82) is 5.26 Å². The number of anilines is 1. The minimum Gasteiger partial charge on any atom is -0.323 e. The van der Waals surface area contributed by atoms with Crippen LogP contribution in [0, 0.1) is 17.1 Å². The summed E-state index contributed by atoms with van der Waals surface area (Å²) in [4.78, 5) is 16.5. The first-order valence-electron chi connectivity index (χ1n) is 8.67. The molecule has 1 aliphatic rings. The predicted octanol–water partition coefficient (Wildman–Crippen LogP) is 3.44. The molecule has 3 rings (SSSR count). The highest BCUT2D eigenvalue weighted by Gasteiger charge is 2.19. The molecule has 0 spiro atoms. The third kappa shape index (κ3) is 4.80. The van der Waals surface area contributed by atoms with E-state index in [0.29, 0.717) is 24.3 Å². The Labute approximate surface area is 152 Å². The second-order valence-corrected chi connectivity index (χ2v) is 6.36. The van der Waals surface area contributed by atoms with Gasteiger partial charge in [-0.3, -0.25) is 4.90 Å². The fourth-order valence-electron chi connectivity index (χ4n) is 3.01. The van der Waals surface area contributed by atoms with Crippen LogP contribution in [0.4, 0.5) is 14.9 Å². The van der Waals surface area contributed by atoms with E-state index in [2.05, 4.69) is 16.3 Å². The van der Waals surface area contributed by atoms with Gasteiger partial charge in [0.2, 0.25) is 0 Å². The van der Waals surface area contributed by atoms with Crippen LogP contribution in [0.2, 0.25) is 0 Å². The third-order valence-electron chi connectivity index (χ3n) is 4.46. The first kappa shape index (κ1) is 17.9. The lowest BCUT2D eigenvalue weighted by atomic mass is 10.1. The number of nitrogens with one attached hydrogen (secondary N) is 1. The van der Waals surface area contributed by atoms with Crippen LogP contribution in [0.25, 0.3) is 0 Å². The summed E-state index contributed by atoms with van der Waals surface area (Å²) in [5.41, 5.74) is 2.41. The van der Waals surface area contributed by atoms with Crippen molar-refractivity contribution in [1.82, 2.24) is 9.80 Å². The monoisotopic (exact) mass is 352 g/mol. The lowest BCUT2D eigenvalue weighted by molar-refractivity contribution is 0.211.